The van der Waals surface area contributed by atoms with Crippen LogP contribution in [0.25, 0.3) is 0 Å². The molecule has 4 rings (SSSR count). The smallest absolute Gasteiger partial charge is 0.0264 e. The van der Waals surface area contributed by atoms with Gasteiger partial charge in [0.25, 0.3) is 0 Å². The van der Waals surface area contributed by atoms with Crippen molar-refractivity contribution in [2.45, 2.75) is 103 Å². The molecule has 0 heteroatoms. The lowest BCUT2D eigenvalue weighted by Gasteiger charge is -2.48. The van der Waals surface area contributed by atoms with Crippen LogP contribution in [0.1, 0.15) is 103 Å². The molecule has 5 unspecified atom stereocenters. The Balaban J connectivity index is 1.64. The summed E-state index contributed by atoms with van der Waals surface area (Å²) in [5.74, 6) is 6.52. The number of allylic oxidation sites excluding steroid dienone is 1. The van der Waals surface area contributed by atoms with Crippen LogP contribution < -0.4 is 0 Å². The molecule has 0 radical (unpaired) electrons. The van der Waals surface area contributed by atoms with Gasteiger partial charge in [0, 0.05) is 0 Å². The van der Waals surface area contributed by atoms with E-state index in [1.807, 2.05) is 0 Å². The molecule has 0 saturated heterocycles. The van der Waals surface area contributed by atoms with Crippen LogP contribution in [0.5, 0.6) is 0 Å². The molecule has 4 aliphatic carbocycles. The Morgan fingerprint density at radius 2 is 1.24 bits per heavy atom. The lowest BCUT2D eigenvalue weighted by molar-refractivity contribution is 0.00583. The maximum atomic E-state index is 4.01. The van der Waals surface area contributed by atoms with Crippen molar-refractivity contribution in [3.8, 4) is 0 Å². The van der Waals surface area contributed by atoms with E-state index in [9.17, 15) is 0 Å². The van der Waals surface area contributed by atoms with Gasteiger partial charge in [-0.25, -0.2) is 0 Å². The molecule has 0 aliphatic heterocycles. The van der Waals surface area contributed by atoms with Gasteiger partial charge in [-0.15, -0.1) is 6.58 Å². The summed E-state index contributed by atoms with van der Waals surface area (Å²) in [6, 6.07) is 0. The van der Waals surface area contributed by atoms with Crippen LogP contribution in [-0.4, -0.2) is 0 Å². The molecule has 0 aromatic carbocycles. The van der Waals surface area contributed by atoms with Gasteiger partial charge in [0.2, 0.25) is 0 Å². The second-order valence-electron chi connectivity index (χ2n) is 10.4. The molecular weight excluding hydrogens is 300 g/mol. The molecule has 4 aliphatic rings. The van der Waals surface area contributed by atoms with E-state index >= 15 is 0 Å². The Hall–Kier alpha value is -0.260. The number of hydrogen-bond acceptors (Lipinski definition) is 0. The van der Waals surface area contributed by atoms with E-state index in [0.717, 1.165) is 35.5 Å². The Morgan fingerprint density at radius 3 is 1.76 bits per heavy atom. The highest BCUT2D eigenvalue weighted by Gasteiger charge is 2.58. The number of rotatable bonds is 6. The predicted octanol–water partition coefficient (Wildman–Crippen LogP) is 7.78. The topological polar surface area (TPSA) is 0 Å². The first-order valence-corrected chi connectivity index (χ1v) is 11.9. The quantitative estimate of drug-likeness (QED) is 0.341. The zero-order chi connectivity index (χ0) is 17.3. The minimum Gasteiger partial charge on any atom is -0.103 e. The highest BCUT2D eigenvalue weighted by molar-refractivity contribution is 5.06. The standard InChI is InChI=1S/C25H42/c1-3-4-11-18-25(2,19-12-5-6-13-19)24-22-16-9-7-14-20(22)21-15-8-10-17-23(21)24/h3,19-24H,1,4-18H2,2H3. The highest BCUT2D eigenvalue weighted by Crippen LogP contribution is 2.65. The second-order valence-corrected chi connectivity index (χ2v) is 10.4. The van der Waals surface area contributed by atoms with Gasteiger partial charge in [-0.05, 0) is 98.7 Å². The highest BCUT2D eigenvalue weighted by atomic mass is 14.6. The summed E-state index contributed by atoms with van der Waals surface area (Å²) in [6.07, 6.45) is 24.8. The monoisotopic (exact) mass is 342 g/mol. The van der Waals surface area contributed by atoms with Crippen LogP contribution in [0.4, 0.5) is 0 Å². The van der Waals surface area contributed by atoms with Crippen molar-refractivity contribution in [1.29, 1.82) is 0 Å². The van der Waals surface area contributed by atoms with Crippen molar-refractivity contribution in [2.75, 3.05) is 0 Å². The number of hydrogen-bond donors (Lipinski definition) is 0. The van der Waals surface area contributed by atoms with Crippen LogP contribution in [0.2, 0.25) is 0 Å². The molecule has 0 spiro atoms. The Morgan fingerprint density at radius 1 is 0.760 bits per heavy atom. The third kappa shape index (κ3) is 3.25. The fourth-order valence-electron chi connectivity index (χ4n) is 8.48. The zero-order valence-electron chi connectivity index (χ0n) is 16.9. The van der Waals surface area contributed by atoms with Gasteiger partial charge in [-0.1, -0.05) is 51.5 Å². The lowest BCUT2D eigenvalue weighted by Crippen LogP contribution is -2.41. The van der Waals surface area contributed by atoms with E-state index in [2.05, 4.69) is 19.6 Å². The molecule has 5 atom stereocenters. The van der Waals surface area contributed by atoms with Gasteiger partial charge in [0.15, 0.2) is 0 Å². The van der Waals surface area contributed by atoms with Gasteiger partial charge in [-0.2, -0.15) is 0 Å². The summed E-state index contributed by atoms with van der Waals surface area (Å²) in [6.45, 7) is 6.78. The third-order valence-corrected chi connectivity index (χ3v) is 9.40. The summed E-state index contributed by atoms with van der Waals surface area (Å²) in [5.41, 5.74) is 0.635. The predicted molar refractivity (Wildman–Crippen MR) is 108 cm³/mol. The molecule has 25 heavy (non-hydrogen) atoms. The molecule has 0 aromatic heterocycles. The maximum absolute atomic E-state index is 4.01. The molecule has 4 fully saturated rings. The average Bonchev–Trinajstić information content (AvgIpc) is 3.29. The molecule has 0 aromatic rings. The first kappa shape index (κ1) is 18.1. The first-order chi connectivity index (χ1) is 12.3. The average molecular weight is 343 g/mol. The molecule has 142 valence electrons. The Kier molecular flexibility index (Phi) is 5.63. The SMILES string of the molecule is C=CCCCC(C)(C1CCCC1)C1C2CCCCC2C2CCCCC21. The van der Waals surface area contributed by atoms with Crippen LogP contribution in [0, 0.1) is 40.9 Å². The minimum atomic E-state index is 0.635. The zero-order valence-corrected chi connectivity index (χ0v) is 16.9. The Bertz CT molecular complexity index is 423. The van der Waals surface area contributed by atoms with Crippen molar-refractivity contribution in [2.24, 2.45) is 40.9 Å². The number of fused-ring (bicyclic) bond motifs is 3. The van der Waals surface area contributed by atoms with Crippen molar-refractivity contribution in [1.82, 2.24) is 0 Å². The van der Waals surface area contributed by atoms with E-state index < -0.39 is 0 Å². The summed E-state index contributed by atoms with van der Waals surface area (Å²) >= 11 is 0. The molecule has 0 amide bonds. The van der Waals surface area contributed by atoms with Crippen molar-refractivity contribution in [3.63, 3.8) is 0 Å². The van der Waals surface area contributed by atoms with Crippen LogP contribution in [0.15, 0.2) is 12.7 Å². The lowest BCUT2D eigenvalue weighted by atomic mass is 9.57. The van der Waals surface area contributed by atoms with Gasteiger partial charge in [0.05, 0.1) is 0 Å². The first-order valence-electron chi connectivity index (χ1n) is 11.9. The Labute approximate surface area is 157 Å². The second kappa shape index (κ2) is 7.77. The van der Waals surface area contributed by atoms with Gasteiger partial charge in [0.1, 0.15) is 0 Å². The number of unbranched alkanes of at least 4 members (excludes halogenated alkanes) is 1. The fraction of sp³-hybridized carbons (Fsp3) is 0.920. The van der Waals surface area contributed by atoms with E-state index in [0.29, 0.717) is 5.41 Å². The van der Waals surface area contributed by atoms with Gasteiger partial charge in [-0.3, -0.25) is 0 Å². The fourth-order valence-corrected chi connectivity index (χ4v) is 8.48. The molecule has 4 saturated carbocycles. The molecular formula is C25H42. The third-order valence-electron chi connectivity index (χ3n) is 9.40. The summed E-state index contributed by atoms with van der Waals surface area (Å²) in [4.78, 5) is 0. The molecule has 0 bridgehead atoms. The normalized spacial score (nSPS) is 41.1. The largest absolute Gasteiger partial charge is 0.103 e. The maximum Gasteiger partial charge on any atom is -0.0264 e. The van der Waals surface area contributed by atoms with Crippen LogP contribution in [0.3, 0.4) is 0 Å². The summed E-state index contributed by atoms with van der Waals surface area (Å²) < 4.78 is 0. The van der Waals surface area contributed by atoms with Crippen LogP contribution in [-0.2, 0) is 0 Å². The van der Waals surface area contributed by atoms with Crippen molar-refractivity contribution >= 4 is 0 Å². The summed E-state index contributed by atoms with van der Waals surface area (Å²) in [5, 5.41) is 0. The van der Waals surface area contributed by atoms with Crippen molar-refractivity contribution < 1.29 is 0 Å². The summed E-state index contributed by atoms with van der Waals surface area (Å²) in [7, 11) is 0. The molecule has 0 heterocycles. The van der Waals surface area contributed by atoms with Gasteiger partial charge < -0.3 is 0 Å². The molecule has 0 N–H and O–H groups in total. The van der Waals surface area contributed by atoms with Crippen LogP contribution >= 0.6 is 0 Å². The van der Waals surface area contributed by atoms with E-state index in [1.165, 1.54) is 70.6 Å². The van der Waals surface area contributed by atoms with Gasteiger partial charge >= 0.3 is 0 Å². The van der Waals surface area contributed by atoms with Crippen molar-refractivity contribution in [3.05, 3.63) is 12.7 Å². The van der Waals surface area contributed by atoms with E-state index in [1.54, 1.807) is 25.7 Å². The van der Waals surface area contributed by atoms with E-state index in [4.69, 9.17) is 0 Å². The van der Waals surface area contributed by atoms with E-state index in [-0.39, 0.29) is 0 Å². The molecule has 0 nitrogen and oxygen atoms in total. The minimum absolute atomic E-state index is 0.635.